The number of rotatable bonds is 8. The molecule has 0 spiro atoms. The van der Waals surface area contributed by atoms with Crippen LogP contribution in [0.15, 0.2) is 18.2 Å². The highest BCUT2D eigenvalue weighted by molar-refractivity contribution is 6.30. The summed E-state index contributed by atoms with van der Waals surface area (Å²) in [5.41, 5.74) is 0.703. The molecular formula is C15H23ClO3. The predicted molar refractivity (Wildman–Crippen MR) is 77.9 cm³/mol. The van der Waals surface area contributed by atoms with Crippen molar-refractivity contribution < 1.29 is 14.6 Å². The van der Waals surface area contributed by atoms with E-state index in [-0.39, 0.29) is 0 Å². The summed E-state index contributed by atoms with van der Waals surface area (Å²) in [5.74, 6) is 1.31. The number of ether oxygens (including phenoxy) is 2. The molecule has 1 aromatic rings. The lowest BCUT2D eigenvalue weighted by Crippen LogP contribution is -2.10. The first-order chi connectivity index (χ1) is 9.00. The Balaban J connectivity index is 2.37. The van der Waals surface area contributed by atoms with E-state index in [2.05, 4.69) is 13.8 Å². The first-order valence-corrected chi connectivity index (χ1v) is 7.06. The van der Waals surface area contributed by atoms with Gasteiger partial charge in [0.15, 0.2) is 0 Å². The molecular weight excluding hydrogens is 264 g/mol. The fourth-order valence-electron chi connectivity index (χ4n) is 1.61. The van der Waals surface area contributed by atoms with Gasteiger partial charge in [-0.25, -0.2) is 0 Å². The Morgan fingerprint density at radius 3 is 2.53 bits per heavy atom. The highest BCUT2D eigenvalue weighted by Gasteiger charge is 2.09. The van der Waals surface area contributed by atoms with Crippen molar-refractivity contribution in [2.75, 3.05) is 19.8 Å². The smallest absolute Gasteiger partial charge is 0.125 e. The minimum atomic E-state index is -0.601. The number of benzene rings is 1. The molecule has 19 heavy (non-hydrogen) atoms. The molecule has 1 rings (SSSR count). The van der Waals surface area contributed by atoms with Crippen LogP contribution in [0.25, 0.3) is 0 Å². The number of halogens is 1. The first-order valence-electron chi connectivity index (χ1n) is 6.68. The van der Waals surface area contributed by atoms with E-state index in [9.17, 15) is 5.11 Å². The van der Waals surface area contributed by atoms with Crippen molar-refractivity contribution in [3.63, 3.8) is 0 Å². The van der Waals surface area contributed by atoms with Gasteiger partial charge in [-0.15, -0.1) is 0 Å². The van der Waals surface area contributed by atoms with Crippen LogP contribution >= 0.6 is 11.6 Å². The average Bonchev–Trinajstić information content (AvgIpc) is 2.34. The van der Waals surface area contributed by atoms with E-state index in [1.807, 2.05) is 0 Å². The summed E-state index contributed by atoms with van der Waals surface area (Å²) >= 11 is 5.90. The second kappa shape index (κ2) is 8.41. The van der Waals surface area contributed by atoms with Crippen molar-refractivity contribution in [3.05, 3.63) is 28.8 Å². The van der Waals surface area contributed by atoms with Crippen molar-refractivity contribution in [1.82, 2.24) is 0 Å². The number of hydrogen-bond donors (Lipinski definition) is 1. The van der Waals surface area contributed by atoms with E-state index >= 15 is 0 Å². The van der Waals surface area contributed by atoms with Crippen molar-refractivity contribution in [3.8, 4) is 5.75 Å². The van der Waals surface area contributed by atoms with Gasteiger partial charge in [-0.3, -0.25) is 0 Å². The molecule has 0 aliphatic carbocycles. The van der Waals surface area contributed by atoms with Gasteiger partial charge in [0.05, 0.1) is 12.7 Å². The van der Waals surface area contributed by atoms with Crippen molar-refractivity contribution in [2.45, 2.75) is 33.3 Å². The van der Waals surface area contributed by atoms with Gasteiger partial charge in [0, 0.05) is 17.2 Å². The topological polar surface area (TPSA) is 38.7 Å². The standard InChI is InChI=1S/C15H23ClO3/c1-11(2)6-7-18-8-9-19-15-5-4-13(16)10-14(15)12(3)17/h4-5,10-12,17H,6-9H2,1-3H3/t12-/m0/s1. The molecule has 0 saturated carbocycles. The van der Waals surface area contributed by atoms with E-state index in [0.29, 0.717) is 35.5 Å². The first kappa shape index (κ1) is 16.3. The van der Waals surface area contributed by atoms with Crippen LogP contribution in [0.4, 0.5) is 0 Å². The third-order valence-corrected chi connectivity index (χ3v) is 2.98. The van der Waals surface area contributed by atoms with Crippen LogP contribution in [0.2, 0.25) is 5.02 Å². The van der Waals surface area contributed by atoms with Crippen LogP contribution in [-0.4, -0.2) is 24.9 Å². The predicted octanol–water partition coefficient (Wildman–Crippen LogP) is 3.83. The number of aliphatic hydroxyl groups is 1. The summed E-state index contributed by atoms with van der Waals surface area (Å²) in [4.78, 5) is 0. The summed E-state index contributed by atoms with van der Waals surface area (Å²) in [7, 11) is 0. The molecule has 1 N–H and O–H groups in total. The van der Waals surface area contributed by atoms with E-state index in [0.717, 1.165) is 13.0 Å². The van der Waals surface area contributed by atoms with Crippen LogP contribution in [0.5, 0.6) is 5.75 Å². The maximum Gasteiger partial charge on any atom is 0.125 e. The Bertz CT molecular complexity index is 378. The second-order valence-corrected chi connectivity index (χ2v) is 5.44. The van der Waals surface area contributed by atoms with Gasteiger partial charge in [0.1, 0.15) is 12.4 Å². The zero-order chi connectivity index (χ0) is 14.3. The van der Waals surface area contributed by atoms with Gasteiger partial charge in [0.2, 0.25) is 0 Å². The van der Waals surface area contributed by atoms with Gasteiger partial charge in [-0.1, -0.05) is 25.4 Å². The normalized spacial score (nSPS) is 12.7. The Morgan fingerprint density at radius 1 is 1.16 bits per heavy atom. The summed E-state index contributed by atoms with van der Waals surface area (Å²) in [6.45, 7) is 7.81. The lowest BCUT2D eigenvalue weighted by atomic mass is 10.1. The zero-order valence-corrected chi connectivity index (χ0v) is 12.6. The Kier molecular flexibility index (Phi) is 7.21. The molecule has 0 bridgehead atoms. The maximum atomic E-state index is 9.66. The monoisotopic (exact) mass is 286 g/mol. The molecule has 0 fully saturated rings. The van der Waals surface area contributed by atoms with E-state index < -0.39 is 6.10 Å². The van der Waals surface area contributed by atoms with Crippen molar-refractivity contribution in [1.29, 1.82) is 0 Å². The lowest BCUT2D eigenvalue weighted by Gasteiger charge is -2.14. The fourth-order valence-corrected chi connectivity index (χ4v) is 1.79. The van der Waals surface area contributed by atoms with Crippen LogP contribution in [0, 0.1) is 5.92 Å². The molecule has 0 amide bonds. The zero-order valence-electron chi connectivity index (χ0n) is 11.9. The molecule has 0 radical (unpaired) electrons. The van der Waals surface area contributed by atoms with Gasteiger partial charge in [0.25, 0.3) is 0 Å². The highest BCUT2D eigenvalue weighted by atomic mass is 35.5. The SMILES string of the molecule is CC(C)CCOCCOc1ccc(Cl)cc1[C@H](C)O. The molecule has 4 heteroatoms. The molecule has 0 heterocycles. The average molecular weight is 287 g/mol. The van der Waals surface area contributed by atoms with E-state index in [1.165, 1.54) is 0 Å². The molecule has 0 aromatic heterocycles. The highest BCUT2D eigenvalue weighted by Crippen LogP contribution is 2.28. The van der Waals surface area contributed by atoms with Crippen LogP contribution in [-0.2, 0) is 4.74 Å². The van der Waals surface area contributed by atoms with Gasteiger partial charge >= 0.3 is 0 Å². The second-order valence-electron chi connectivity index (χ2n) is 5.00. The van der Waals surface area contributed by atoms with Crippen LogP contribution in [0.1, 0.15) is 38.9 Å². The van der Waals surface area contributed by atoms with Crippen LogP contribution in [0.3, 0.4) is 0 Å². The largest absolute Gasteiger partial charge is 0.491 e. The molecule has 0 saturated heterocycles. The van der Waals surface area contributed by atoms with Gasteiger partial charge in [-0.2, -0.15) is 0 Å². The van der Waals surface area contributed by atoms with Crippen molar-refractivity contribution in [2.24, 2.45) is 5.92 Å². The van der Waals surface area contributed by atoms with Crippen molar-refractivity contribution >= 4 is 11.6 Å². The Hall–Kier alpha value is -0.770. The maximum absolute atomic E-state index is 9.66. The van der Waals surface area contributed by atoms with Gasteiger partial charge < -0.3 is 14.6 Å². The fraction of sp³-hybridized carbons (Fsp3) is 0.600. The molecule has 0 aliphatic heterocycles. The third-order valence-electron chi connectivity index (χ3n) is 2.75. The molecule has 1 atom stereocenters. The Morgan fingerprint density at radius 2 is 1.89 bits per heavy atom. The quantitative estimate of drug-likeness (QED) is 0.738. The number of aliphatic hydroxyl groups excluding tert-OH is 1. The summed E-state index contributed by atoms with van der Waals surface area (Å²) in [5, 5.41) is 10.3. The summed E-state index contributed by atoms with van der Waals surface area (Å²) < 4.78 is 11.1. The van der Waals surface area contributed by atoms with Crippen LogP contribution < -0.4 is 4.74 Å². The third kappa shape index (κ3) is 6.28. The minimum Gasteiger partial charge on any atom is -0.491 e. The molecule has 108 valence electrons. The number of hydrogen-bond acceptors (Lipinski definition) is 3. The minimum absolute atomic E-state index is 0.472. The molecule has 1 aromatic carbocycles. The Labute approximate surface area is 120 Å². The molecule has 0 unspecified atom stereocenters. The molecule has 0 aliphatic rings. The summed E-state index contributed by atoms with van der Waals surface area (Å²) in [6.07, 6.45) is 0.454. The van der Waals surface area contributed by atoms with Gasteiger partial charge in [-0.05, 0) is 37.5 Å². The summed E-state index contributed by atoms with van der Waals surface area (Å²) in [6, 6.07) is 5.25. The van der Waals surface area contributed by atoms with E-state index in [4.69, 9.17) is 21.1 Å². The van der Waals surface area contributed by atoms with E-state index in [1.54, 1.807) is 25.1 Å². The lowest BCUT2D eigenvalue weighted by molar-refractivity contribution is 0.0909. The molecule has 3 nitrogen and oxygen atoms in total.